The first-order valence-electron chi connectivity index (χ1n) is 6.11. The Bertz CT molecular complexity index is 381. The van der Waals surface area contributed by atoms with E-state index in [1.807, 2.05) is 30.3 Å². The molecule has 0 spiro atoms. The first-order valence-corrected chi connectivity index (χ1v) is 6.55. The molecule has 0 aromatic heterocycles. The number of rotatable bonds is 3. The Hall–Kier alpha value is -1.21. The fourth-order valence-corrected chi connectivity index (χ4v) is 1.63. The number of unbranched alkanes of at least 4 members (excludes halogenated alkanes) is 1. The van der Waals surface area contributed by atoms with E-state index < -0.39 is 0 Å². The Morgan fingerprint density at radius 2 is 1.35 bits per heavy atom. The highest BCUT2D eigenvalue weighted by Crippen LogP contribution is 2.03. The number of thiol groups is 1. The van der Waals surface area contributed by atoms with Crippen molar-refractivity contribution >= 4 is 12.6 Å². The minimum absolute atomic E-state index is 1.02. The van der Waals surface area contributed by atoms with Gasteiger partial charge in [-0.25, -0.2) is 0 Å². The lowest BCUT2D eigenvalue weighted by Crippen LogP contribution is -1.81. The van der Waals surface area contributed by atoms with E-state index in [9.17, 15) is 0 Å². The third kappa shape index (κ3) is 6.85. The van der Waals surface area contributed by atoms with Gasteiger partial charge < -0.3 is 0 Å². The zero-order valence-electron chi connectivity index (χ0n) is 10.3. The molecule has 0 nitrogen and oxygen atoms in total. The van der Waals surface area contributed by atoms with Crippen molar-refractivity contribution in [1.82, 2.24) is 0 Å². The van der Waals surface area contributed by atoms with E-state index in [4.69, 9.17) is 0 Å². The molecule has 2 aromatic rings. The fourth-order valence-electron chi connectivity index (χ4n) is 1.45. The van der Waals surface area contributed by atoms with E-state index in [1.165, 1.54) is 24.8 Å². The van der Waals surface area contributed by atoms with Crippen LogP contribution in [0.25, 0.3) is 0 Å². The molecular weight excluding hydrogens is 224 g/mol. The molecule has 0 aliphatic heterocycles. The zero-order valence-corrected chi connectivity index (χ0v) is 11.2. The highest BCUT2D eigenvalue weighted by atomic mass is 32.1. The molecule has 0 unspecified atom stereocenters. The van der Waals surface area contributed by atoms with Crippen molar-refractivity contribution in [1.29, 1.82) is 0 Å². The lowest BCUT2D eigenvalue weighted by atomic mass is 10.1. The Kier molecular flexibility index (Phi) is 7.24. The highest BCUT2D eigenvalue weighted by Gasteiger charge is 1.87. The number of hydrogen-bond donors (Lipinski definition) is 1. The van der Waals surface area contributed by atoms with Crippen LogP contribution < -0.4 is 0 Å². The van der Waals surface area contributed by atoms with Crippen LogP contribution in [-0.4, -0.2) is 0 Å². The Morgan fingerprint density at radius 3 is 1.76 bits per heavy atom. The number of hydrogen-bond acceptors (Lipinski definition) is 1. The number of benzene rings is 2. The summed E-state index contributed by atoms with van der Waals surface area (Å²) in [6, 6.07) is 20.4. The molecule has 0 saturated carbocycles. The van der Waals surface area contributed by atoms with Gasteiger partial charge in [0.25, 0.3) is 0 Å². The summed E-state index contributed by atoms with van der Waals surface area (Å²) >= 11 is 4.08. The highest BCUT2D eigenvalue weighted by molar-refractivity contribution is 7.80. The molecule has 0 aliphatic carbocycles. The van der Waals surface area contributed by atoms with Gasteiger partial charge in [-0.1, -0.05) is 61.9 Å². The van der Waals surface area contributed by atoms with Crippen molar-refractivity contribution in [2.24, 2.45) is 0 Å². The van der Waals surface area contributed by atoms with Gasteiger partial charge in [-0.2, -0.15) is 0 Å². The molecule has 2 aromatic carbocycles. The second-order valence-electron chi connectivity index (χ2n) is 3.92. The van der Waals surface area contributed by atoms with E-state index in [-0.39, 0.29) is 0 Å². The van der Waals surface area contributed by atoms with Gasteiger partial charge in [-0.05, 0) is 30.5 Å². The summed E-state index contributed by atoms with van der Waals surface area (Å²) in [7, 11) is 0. The first-order chi connectivity index (χ1) is 8.33. The molecule has 90 valence electrons. The molecule has 0 bridgehead atoms. The van der Waals surface area contributed by atoms with Gasteiger partial charge in [-0.3, -0.25) is 0 Å². The predicted molar refractivity (Wildman–Crippen MR) is 78.7 cm³/mol. The molecule has 1 heteroatoms. The molecule has 0 amide bonds. The summed E-state index contributed by atoms with van der Waals surface area (Å²) in [5, 5.41) is 0. The second-order valence-corrected chi connectivity index (χ2v) is 4.44. The van der Waals surface area contributed by atoms with Gasteiger partial charge in [0.2, 0.25) is 0 Å². The SMILES string of the molecule is CCCCc1ccccc1.Sc1ccccc1. The smallest absolute Gasteiger partial charge is 0.00399 e. The van der Waals surface area contributed by atoms with Crippen LogP contribution in [0.2, 0.25) is 0 Å². The Balaban J connectivity index is 0.000000181. The largest absolute Gasteiger partial charge is 0.143 e. The standard InChI is InChI=1S/C10H14.C6H6S/c1-2-3-7-10-8-5-4-6-9-10;7-6-4-2-1-3-5-6/h4-6,8-9H,2-3,7H2,1H3;1-5,7H. The van der Waals surface area contributed by atoms with Gasteiger partial charge in [0.15, 0.2) is 0 Å². The molecule has 0 fully saturated rings. The Labute approximate surface area is 110 Å². The lowest BCUT2D eigenvalue weighted by Gasteiger charge is -1.96. The van der Waals surface area contributed by atoms with E-state index in [0.717, 1.165) is 4.90 Å². The van der Waals surface area contributed by atoms with Crippen LogP contribution in [0.4, 0.5) is 0 Å². The van der Waals surface area contributed by atoms with Gasteiger partial charge in [0, 0.05) is 4.90 Å². The maximum atomic E-state index is 4.08. The maximum Gasteiger partial charge on any atom is 0.00399 e. The Morgan fingerprint density at radius 1 is 0.824 bits per heavy atom. The maximum absolute atomic E-state index is 4.08. The van der Waals surface area contributed by atoms with Crippen molar-refractivity contribution in [2.45, 2.75) is 31.1 Å². The average Bonchev–Trinajstić information content (AvgIpc) is 2.39. The summed E-state index contributed by atoms with van der Waals surface area (Å²) in [6.07, 6.45) is 3.83. The van der Waals surface area contributed by atoms with Crippen LogP contribution in [0.3, 0.4) is 0 Å². The average molecular weight is 244 g/mol. The van der Waals surface area contributed by atoms with Crippen LogP contribution >= 0.6 is 12.6 Å². The molecule has 0 saturated heterocycles. The second kappa shape index (κ2) is 8.89. The quantitative estimate of drug-likeness (QED) is 0.721. The van der Waals surface area contributed by atoms with E-state index in [1.54, 1.807) is 0 Å². The molecule has 0 N–H and O–H groups in total. The summed E-state index contributed by atoms with van der Waals surface area (Å²) in [5.74, 6) is 0. The molecular formula is C16H20S. The van der Waals surface area contributed by atoms with Crippen LogP contribution in [-0.2, 0) is 6.42 Å². The van der Waals surface area contributed by atoms with Gasteiger partial charge in [0.05, 0.1) is 0 Å². The van der Waals surface area contributed by atoms with E-state index in [0.29, 0.717) is 0 Å². The van der Waals surface area contributed by atoms with Crippen LogP contribution in [0.15, 0.2) is 65.6 Å². The van der Waals surface area contributed by atoms with Crippen molar-refractivity contribution in [3.8, 4) is 0 Å². The third-order valence-corrected chi connectivity index (χ3v) is 2.72. The monoisotopic (exact) mass is 244 g/mol. The molecule has 0 heterocycles. The van der Waals surface area contributed by atoms with Gasteiger partial charge >= 0.3 is 0 Å². The minimum atomic E-state index is 1.02. The van der Waals surface area contributed by atoms with Crippen LogP contribution in [0, 0.1) is 0 Å². The fraction of sp³-hybridized carbons (Fsp3) is 0.250. The predicted octanol–water partition coefficient (Wildman–Crippen LogP) is 5.00. The summed E-state index contributed by atoms with van der Waals surface area (Å²) < 4.78 is 0. The first kappa shape index (κ1) is 13.9. The van der Waals surface area contributed by atoms with Gasteiger partial charge in [-0.15, -0.1) is 12.6 Å². The van der Waals surface area contributed by atoms with Crippen molar-refractivity contribution in [3.63, 3.8) is 0 Å². The molecule has 2 rings (SSSR count). The van der Waals surface area contributed by atoms with E-state index >= 15 is 0 Å². The molecule has 0 radical (unpaired) electrons. The molecule has 0 atom stereocenters. The summed E-state index contributed by atoms with van der Waals surface area (Å²) in [4.78, 5) is 1.02. The lowest BCUT2D eigenvalue weighted by molar-refractivity contribution is 0.795. The van der Waals surface area contributed by atoms with E-state index in [2.05, 4.69) is 49.9 Å². The summed E-state index contributed by atoms with van der Waals surface area (Å²) in [5.41, 5.74) is 1.46. The van der Waals surface area contributed by atoms with Crippen molar-refractivity contribution in [3.05, 3.63) is 66.2 Å². The molecule has 0 aliphatic rings. The number of aryl methyl sites for hydroxylation is 1. The summed E-state index contributed by atoms with van der Waals surface area (Å²) in [6.45, 7) is 2.23. The molecule has 17 heavy (non-hydrogen) atoms. The van der Waals surface area contributed by atoms with Crippen molar-refractivity contribution in [2.75, 3.05) is 0 Å². The minimum Gasteiger partial charge on any atom is -0.143 e. The zero-order chi connectivity index (χ0) is 12.3. The van der Waals surface area contributed by atoms with Crippen molar-refractivity contribution < 1.29 is 0 Å². The normalized spacial score (nSPS) is 9.29. The third-order valence-electron chi connectivity index (χ3n) is 2.42. The van der Waals surface area contributed by atoms with Gasteiger partial charge in [0.1, 0.15) is 0 Å². The van der Waals surface area contributed by atoms with Crippen LogP contribution in [0.5, 0.6) is 0 Å². The topological polar surface area (TPSA) is 0 Å². The van der Waals surface area contributed by atoms with Crippen LogP contribution in [0.1, 0.15) is 25.3 Å².